The summed E-state index contributed by atoms with van der Waals surface area (Å²) in [5.41, 5.74) is 3.12. The van der Waals surface area contributed by atoms with Gasteiger partial charge in [-0.25, -0.2) is 9.50 Å². The lowest BCUT2D eigenvalue weighted by Crippen LogP contribution is -2.28. The number of amides is 1. The third-order valence-electron chi connectivity index (χ3n) is 4.58. The first-order valence-corrected chi connectivity index (χ1v) is 8.76. The SMILES string of the molecule is CNC(=O)c1cccc(-c2cnc3ccc(NC4CCOCC4)nn23)c1. The van der Waals surface area contributed by atoms with Gasteiger partial charge in [0, 0.05) is 37.4 Å². The fourth-order valence-electron chi connectivity index (χ4n) is 3.16. The third kappa shape index (κ3) is 3.25. The maximum absolute atomic E-state index is 11.9. The summed E-state index contributed by atoms with van der Waals surface area (Å²) in [5.74, 6) is 0.696. The molecule has 7 heteroatoms. The molecule has 2 aromatic heterocycles. The Kier molecular flexibility index (Phi) is 4.53. The Hall–Kier alpha value is -2.93. The van der Waals surface area contributed by atoms with Crippen LogP contribution in [0.3, 0.4) is 0 Å². The minimum absolute atomic E-state index is 0.115. The number of carbonyl (C=O) groups is 1. The molecule has 1 saturated heterocycles. The van der Waals surface area contributed by atoms with Crippen molar-refractivity contribution in [3.05, 3.63) is 48.2 Å². The van der Waals surface area contributed by atoms with Gasteiger partial charge in [-0.15, -0.1) is 5.10 Å². The Morgan fingerprint density at radius 2 is 2.08 bits per heavy atom. The minimum Gasteiger partial charge on any atom is -0.381 e. The lowest BCUT2D eigenvalue weighted by Gasteiger charge is -2.23. The highest BCUT2D eigenvalue weighted by atomic mass is 16.5. The van der Waals surface area contributed by atoms with E-state index in [1.54, 1.807) is 19.3 Å². The van der Waals surface area contributed by atoms with Gasteiger partial charge >= 0.3 is 0 Å². The molecule has 4 rings (SSSR count). The molecule has 1 aliphatic rings. The van der Waals surface area contributed by atoms with E-state index in [1.807, 2.05) is 34.8 Å². The Morgan fingerprint density at radius 1 is 1.23 bits per heavy atom. The maximum Gasteiger partial charge on any atom is 0.251 e. The molecule has 0 aliphatic carbocycles. The van der Waals surface area contributed by atoms with Gasteiger partial charge in [0.15, 0.2) is 5.65 Å². The fourth-order valence-corrected chi connectivity index (χ4v) is 3.16. The standard InChI is InChI=1S/C19H21N5O2/c1-20-19(25)14-4-2-3-13(11-14)16-12-21-18-6-5-17(23-24(16)18)22-15-7-9-26-10-8-15/h2-6,11-12,15H,7-10H2,1H3,(H,20,25)(H,22,23). The van der Waals surface area contributed by atoms with Crippen LogP contribution in [0.25, 0.3) is 16.9 Å². The van der Waals surface area contributed by atoms with E-state index in [1.165, 1.54) is 0 Å². The Labute approximate surface area is 151 Å². The zero-order valence-corrected chi connectivity index (χ0v) is 14.6. The van der Waals surface area contributed by atoms with Crippen molar-refractivity contribution >= 4 is 17.4 Å². The van der Waals surface area contributed by atoms with E-state index < -0.39 is 0 Å². The predicted molar refractivity (Wildman–Crippen MR) is 99.3 cm³/mol. The number of carbonyl (C=O) groups excluding carboxylic acids is 1. The molecule has 0 atom stereocenters. The van der Waals surface area contributed by atoms with Gasteiger partial charge in [0.05, 0.1) is 11.9 Å². The molecular formula is C19H21N5O2. The van der Waals surface area contributed by atoms with E-state index in [0.717, 1.165) is 48.8 Å². The van der Waals surface area contributed by atoms with Gasteiger partial charge in [-0.3, -0.25) is 4.79 Å². The number of nitrogens with one attached hydrogen (secondary N) is 2. The van der Waals surface area contributed by atoms with E-state index in [-0.39, 0.29) is 5.91 Å². The van der Waals surface area contributed by atoms with Crippen molar-refractivity contribution in [3.8, 4) is 11.3 Å². The van der Waals surface area contributed by atoms with E-state index in [4.69, 9.17) is 9.84 Å². The zero-order chi connectivity index (χ0) is 17.9. The Bertz CT molecular complexity index is 931. The van der Waals surface area contributed by atoms with Gasteiger partial charge < -0.3 is 15.4 Å². The van der Waals surface area contributed by atoms with Gasteiger partial charge in [0.25, 0.3) is 5.91 Å². The molecule has 0 spiro atoms. The number of nitrogens with zero attached hydrogens (tertiary/aromatic N) is 3. The van der Waals surface area contributed by atoms with Crippen LogP contribution in [0.4, 0.5) is 5.82 Å². The van der Waals surface area contributed by atoms with Gasteiger partial charge in [0.1, 0.15) is 5.82 Å². The highest BCUT2D eigenvalue weighted by Crippen LogP contribution is 2.22. The van der Waals surface area contributed by atoms with Gasteiger partial charge in [0.2, 0.25) is 0 Å². The molecule has 26 heavy (non-hydrogen) atoms. The number of anilines is 1. The Balaban J connectivity index is 1.67. The normalized spacial score (nSPS) is 15.1. The summed E-state index contributed by atoms with van der Waals surface area (Å²) >= 11 is 0. The molecule has 0 bridgehead atoms. The van der Waals surface area contributed by atoms with E-state index in [0.29, 0.717) is 11.6 Å². The average Bonchev–Trinajstić information content (AvgIpc) is 3.11. The van der Waals surface area contributed by atoms with Crippen LogP contribution >= 0.6 is 0 Å². The van der Waals surface area contributed by atoms with E-state index in [9.17, 15) is 4.79 Å². The van der Waals surface area contributed by atoms with Crippen molar-refractivity contribution in [1.29, 1.82) is 0 Å². The second kappa shape index (κ2) is 7.13. The van der Waals surface area contributed by atoms with Crippen molar-refractivity contribution in [3.63, 3.8) is 0 Å². The van der Waals surface area contributed by atoms with Gasteiger partial charge in [-0.2, -0.15) is 0 Å². The molecule has 1 aliphatic heterocycles. The summed E-state index contributed by atoms with van der Waals surface area (Å²) in [5, 5.41) is 10.8. The highest BCUT2D eigenvalue weighted by Gasteiger charge is 2.15. The van der Waals surface area contributed by atoms with Crippen molar-refractivity contribution in [2.24, 2.45) is 0 Å². The van der Waals surface area contributed by atoms with Crippen LogP contribution in [0, 0.1) is 0 Å². The molecule has 1 fully saturated rings. The number of rotatable bonds is 4. The minimum atomic E-state index is -0.115. The van der Waals surface area contributed by atoms with Crippen molar-refractivity contribution in [2.45, 2.75) is 18.9 Å². The van der Waals surface area contributed by atoms with Crippen LogP contribution < -0.4 is 10.6 Å². The maximum atomic E-state index is 11.9. The fraction of sp³-hybridized carbons (Fsp3) is 0.316. The number of benzene rings is 1. The average molecular weight is 351 g/mol. The molecule has 0 unspecified atom stereocenters. The first kappa shape index (κ1) is 16.5. The van der Waals surface area contributed by atoms with Crippen LogP contribution in [0.5, 0.6) is 0 Å². The number of imidazole rings is 1. The number of hydrogen-bond acceptors (Lipinski definition) is 5. The van der Waals surface area contributed by atoms with Crippen LogP contribution in [0.1, 0.15) is 23.2 Å². The van der Waals surface area contributed by atoms with Crippen molar-refractivity contribution < 1.29 is 9.53 Å². The monoisotopic (exact) mass is 351 g/mol. The zero-order valence-electron chi connectivity index (χ0n) is 14.6. The van der Waals surface area contributed by atoms with E-state index >= 15 is 0 Å². The second-order valence-electron chi connectivity index (χ2n) is 6.32. The van der Waals surface area contributed by atoms with Gasteiger partial charge in [-0.05, 0) is 37.1 Å². The smallest absolute Gasteiger partial charge is 0.251 e. The summed E-state index contributed by atoms with van der Waals surface area (Å²) in [6.45, 7) is 1.56. The molecule has 1 amide bonds. The molecule has 7 nitrogen and oxygen atoms in total. The molecule has 2 N–H and O–H groups in total. The van der Waals surface area contributed by atoms with Crippen molar-refractivity contribution in [1.82, 2.24) is 19.9 Å². The largest absolute Gasteiger partial charge is 0.381 e. The first-order valence-electron chi connectivity index (χ1n) is 8.76. The topological polar surface area (TPSA) is 80.5 Å². The van der Waals surface area contributed by atoms with Crippen LogP contribution in [0.15, 0.2) is 42.6 Å². The highest BCUT2D eigenvalue weighted by molar-refractivity contribution is 5.95. The van der Waals surface area contributed by atoms with E-state index in [2.05, 4.69) is 15.6 Å². The summed E-state index contributed by atoms with van der Waals surface area (Å²) < 4.78 is 7.21. The van der Waals surface area contributed by atoms with Crippen LogP contribution in [-0.2, 0) is 4.74 Å². The predicted octanol–water partition coefficient (Wildman–Crippen LogP) is 2.35. The third-order valence-corrected chi connectivity index (χ3v) is 4.58. The lowest BCUT2D eigenvalue weighted by molar-refractivity contribution is 0.0903. The second-order valence-corrected chi connectivity index (χ2v) is 6.32. The molecule has 0 radical (unpaired) electrons. The Morgan fingerprint density at radius 3 is 2.88 bits per heavy atom. The van der Waals surface area contributed by atoms with Crippen LogP contribution in [0.2, 0.25) is 0 Å². The molecule has 3 heterocycles. The molecule has 134 valence electrons. The summed E-state index contributed by atoms with van der Waals surface area (Å²) in [6.07, 6.45) is 3.74. The number of hydrogen-bond donors (Lipinski definition) is 2. The van der Waals surface area contributed by atoms with Gasteiger partial charge in [-0.1, -0.05) is 12.1 Å². The molecule has 0 saturated carbocycles. The summed E-state index contributed by atoms with van der Waals surface area (Å²) in [6, 6.07) is 11.7. The lowest BCUT2D eigenvalue weighted by atomic mass is 10.1. The quantitative estimate of drug-likeness (QED) is 0.754. The number of ether oxygens (including phenoxy) is 1. The number of fused-ring (bicyclic) bond motifs is 1. The molecular weight excluding hydrogens is 330 g/mol. The molecule has 1 aromatic carbocycles. The van der Waals surface area contributed by atoms with Crippen molar-refractivity contribution in [2.75, 3.05) is 25.6 Å². The van der Waals surface area contributed by atoms with Crippen LogP contribution in [-0.4, -0.2) is 46.8 Å². The number of aromatic nitrogens is 3. The summed E-state index contributed by atoms with van der Waals surface area (Å²) in [4.78, 5) is 16.3. The first-order chi connectivity index (χ1) is 12.7. The summed E-state index contributed by atoms with van der Waals surface area (Å²) in [7, 11) is 1.62. The molecule has 3 aromatic rings.